The van der Waals surface area contributed by atoms with E-state index in [0.717, 1.165) is 11.3 Å². The topological polar surface area (TPSA) is 88.9 Å². The third kappa shape index (κ3) is 4.10. The number of carbonyl (C=O) groups is 2. The molecular weight excluding hydrogens is 338 g/mol. The van der Waals surface area contributed by atoms with E-state index in [9.17, 15) is 9.59 Å². The molecule has 0 aliphatic carbocycles. The molecule has 0 bridgehead atoms. The van der Waals surface area contributed by atoms with Crippen molar-refractivity contribution >= 4 is 28.2 Å². The second-order valence-corrected chi connectivity index (χ2v) is 6.56. The van der Waals surface area contributed by atoms with Crippen LogP contribution in [0.1, 0.15) is 35.1 Å². The Morgan fingerprint density at radius 1 is 1.16 bits per heavy atom. The van der Waals surface area contributed by atoms with Crippen LogP contribution in [0.2, 0.25) is 0 Å². The Morgan fingerprint density at radius 3 is 2.56 bits per heavy atom. The van der Waals surface area contributed by atoms with E-state index in [1.165, 1.54) is 24.6 Å². The zero-order valence-electron chi connectivity index (χ0n) is 13.8. The summed E-state index contributed by atoms with van der Waals surface area (Å²) in [6.07, 6.45) is 3.11. The van der Waals surface area contributed by atoms with E-state index in [4.69, 9.17) is 0 Å². The Morgan fingerprint density at radius 2 is 1.92 bits per heavy atom. The minimum Gasteiger partial charge on any atom is -0.345 e. The van der Waals surface area contributed by atoms with Gasteiger partial charge < -0.3 is 10.6 Å². The first-order valence-electron chi connectivity index (χ1n) is 7.66. The van der Waals surface area contributed by atoms with Crippen LogP contribution < -0.4 is 10.6 Å². The van der Waals surface area contributed by atoms with Gasteiger partial charge in [0.1, 0.15) is 12.7 Å². The number of nitrogens with one attached hydrogen (secondary N) is 2. The molecule has 8 heteroatoms. The summed E-state index contributed by atoms with van der Waals surface area (Å²) in [7, 11) is 0. The summed E-state index contributed by atoms with van der Waals surface area (Å²) in [4.78, 5) is 27.9. The van der Waals surface area contributed by atoms with E-state index >= 15 is 0 Å². The van der Waals surface area contributed by atoms with Gasteiger partial charge in [0, 0.05) is 6.92 Å². The van der Waals surface area contributed by atoms with E-state index < -0.39 is 0 Å². The molecule has 0 spiro atoms. The lowest BCUT2D eigenvalue weighted by Crippen LogP contribution is -2.25. The second-order valence-electron chi connectivity index (χ2n) is 5.47. The van der Waals surface area contributed by atoms with Crippen LogP contribution in [0.15, 0.2) is 49.1 Å². The van der Waals surface area contributed by atoms with Crippen LogP contribution in [0.3, 0.4) is 0 Å². The molecule has 2 amide bonds. The molecule has 128 valence electrons. The van der Waals surface area contributed by atoms with Gasteiger partial charge in [-0.25, -0.2) is 9.67 Å². The Bertz CT molecular complexity index is 871. The average molecular weight is 355 g/mol. The molecule has 0 aliphatic heterocycles. The summed E-state index contributed by atoms with van der Waals surface area (Å²) in [6.45, 7) is 3.36. The minimum absolute atomic E-state index is 0.149. The highest BCUT2D eigenvalue weighted by molar-refractivity contribution is 7.18. The SMILES string of the molecule is CC(=O)Nc1ccc(C(=O)NC(C)c2ccc(-n3cncn3)cc2)s1. The van der Waals surface area contributed by atoms with Crippen molar-refractivity contribution in [2.75, 3.05) is 5.32 Å². The number of anilines is 1. The van der Waals surface area contributed by atoms with Crippen molar-refractivity contribution < 1.29 is 9.59 Å². The molecule has 0 radical (unpaired) electrons. The maximum Gasteiger partial charge on any atom is 0.261 e. The number of amides is 2. The first-order valence-corrected chi connectivity index (χ1v) is 8.48. The lowest BCUT2D eigenvalue weighted by molar-refractivity contribution is -0.114. The van der Waals surface area contributed by atoms with Gasteiger partial charge in [0.25, 0.3) is 5.91 Å². The van der Waals surface area contributed by atoms with Gasteiger partial charge in [0.2, 0.25) is 5.91 Å². The highest BCUT2D eigenvalue weighted by atomic mass is 32.1. The van der Waals surface area contributed by atoms with Crippen molar-refractivity contribution in [1.29, 1.82) is 0 Å². The maximum absolute atomic E-state index is 12.3. The van der Waals surface area contributed by atoms with Gasteiger partial charge in [-0.1, -0.05) is 12.1 Å². The molecule has 2 N–H and O–H groups in total. The second kappa shape index (κ2) is 7.27. The van der Waals surface area contributed by atoms with E-state index in [-0.39, 0.29) is 17.9 Å². The normalized spacial score (nSPS) is 11.8. The van der Waals surface area contributed by atoms with Gasteiger partial charge in [-0.3, -0.25) is 9.59 Å². The number of hydrogen-bond acceptors (Lipinski definition) is 5. The van der Waals surface area contributed by atoms with Gasteiger partial charge >= 0.3 is 0 Å². The Labute approximate surface area is 148 Å². The number of nitrogens with zero attached hydrogens (tertiary/aromatic N) is 3. The van der Waals surface area contributed by atoms with E-state index in [1.54, 1.807) is 23.1 Å². The summed E-state index contributed by atoms with van der Waals surface area (Å²) in [5.74, 6) is -0.330. The van der Waals surface area contributed by atoms with Crippen molar-refractivity contribution in [2.45, 2.75) is 19.9 Å². The molecule has 1 unspecified atom stereocenters. The molecule has 7 nitrogen and oxygen atoms in total. The molecule has 0 fully saturated rings. The predicted octanol–water partition coefficient (Wildman–Crippen LogP) is 2.78. The molecule has 1 atom stereocenters. The van der Waals surface area contributed by atoms with Gasteiger partial charge in [-0.05, 0) is 36.8 Å². The van der Waals surface area contributed by atoms with Gasteiger partial charge in [0.05, 0.1) is 21.6 Å². The highest BCUT2D eigenvalue weighted by Crippen LogP contribution is 2.23. The van der Waals surface area contributed by atoms with Gasteiger partial charge in [-0.15, -0.1) is 11.3 Å². The lowest BCUT2D eigenvalue weighted by Gasteiger charge is -2.14. The number of carbonyl (C=O) groups excluding carboxylic acids is 2. The largest absolute Gasteiger partial charge is 0.345 e. The maximum atomic E-state index is 12.3. The van der Waals surface area contributed by atoms with Crippen molar-refractivity contribution in [3.05, 3.63) is 59.5 Å². The summed E-state index contributed by atoms with van der Waals surface area (Å²) in [6, 6.07) is 11.0. The molecule has 1 aromatic carbocycles. The molecule has 2 heterocycles. The zero-order chi connectivity index (χ0) is 17.8. The minimum atomic E-state index is -0.172. The Hall–Kier alpha value is -3.00. The number of thiophene rings is 1. The third-order valence-electron chi connectivity index (χ3n) is 3.55. The first-order chi connectivity index (χ1) is 12.0. The number of rotatable bonds is 5. The fourth-order valence-corrected chi connectivity index (χ4v) is 3.16. The first kappa shape index (κ1) is 16.8. The van der Waals surface area contributed by atoms with Crippen molar-refractivity contribution in [3.63, 3.8) is 0 Å². The van der Waals surface area contributed by atoms with Crippen LogP contribution in [-0.2, 0) is 4.79 Å². The molecular formula is C17H17N5O2S. The van der Waals surface area contributed by atoms with Gasteiger partial charge in [-0.2, -0.15) is 5.10 Å². The monoisotopic (exact) mass is 355 g/mol. The molecule has 0 aliphatic rings. The average Bonchev–Trinajstić information content (AvgIpc) is 3.26. The number of benzene rings is 1. The summed E-state index contributed by atoms with van der Waals surface area (Å²) < 4.78 is 1.67. The van der Waals surface area contributed by atoms with Crippen molar-refractivity contribution in [1.82, 2.24) is 20.1 Å². The summed E-state index contributed by atoms with van der Waals surface area (Å²) >= 11 is 1.24. The summed E-state index contributed by atoms with van der Waals surface area (Å²) in [5, 5.41) is 10.4. The van der Waals surface area contributed by atoms with Crippen LogP contribution in [0.25, 0.3) is 5.69 Å². The van der Waals surface area contributed by atoms with Crippen LogP contribution in [0.4, 0.5) is 5.00 Å². The molecule has 3 aromatic rings. The Kier molecular flexibility index (Phi) is 4.90. The fourth-order valence-electron chi connectivity index (χ4n) is 2.31. The predicted molar refractivity (Wildman–Crippen MR) is 95.9 cm³/mol. The van der Waals surface area contributed by atoms with E-state index in [2.05, 4.69) is 20.7 Å². The molecule has 0 saturated carbocycles. The van der Waals surface area contributed by atoms with Gasteiger partial charge in [0.15, 0.2) is 0 Å². The highest BCUT2D eigenvalue weighted by Gasteiger charge is 2.14. The van der Waals surface area contributed by atoms with Crippen LogP contribution >= 0.6 is 11.3 Å². The lowest BCUT2D eigenvalue weighted by atomic mass is 10.1. The van der Waals surface area contributed by atoms with Crippen molar-refractivity contribution in [3.8, 4) is 5.69 Å². The molecule has 25 heavy (non-hydrogen) atoms. The molecule has 2 aromatic heterocycles. The molecule has 0 saturated heterocycles. The van der Waals surface area contributed by atoms with Crippen molar-refractivity contribution in [2.24, 2.45) is 0 Å². The smallest absolute Gasteiger partial charge is 0.261 e. The standard InChI is InChI=1S/C17H17N5O2S/c1-11(13-3-5-14(6-4-13)22-10-18-9-19-22)20-17(24)15-7-8-16(25-15)21-12(2)23/h3-11H,1-2H3,(H,20,24)(H,21,23). The number of hydrogen-bond donors (Lipinski definition) is 2. The fraction of sp³-hybridized carbons (Fsp3) is 0.176. The summed E-state index contributed by atoms with van der Waals surface area (Å²) in [5.41, 5.74) is 1.88. The Balaban J connectivity index is 1.65. The zero-order valence-corrected chi connectivity index (χ0v) is 14.6. The third-order valence-corrected chi connectivity index (χ3v) is 4.55. The molecule has 3 rings (SSSR count). The number of aromatic nitrogens is 3. The van der Waals surface area contributed by atoms with Crippen LogP contribution in [0, 0.1) is 0 Å². The van der Waals surface area contributed by atoms with E-state index in [0.29, 0.717) is 9.88 Å². The van der Waals surface area contributed by atoms with E-state index in [1.807, 2.05) is 31.2 Å². The van der Waals surface area contributed by atoms with Crippen LogP contribution in [-0.4, -0.2) is 26.6 Å². The quantitative estimate of drug-likeness (QED) is 0.736. The van der Waals surface area contributed by atoms with Crippen LogP contribution in [0.5, 0.6) is 0 Å².